The molecule has 1 aliphatic carbocycles. The zero-order chi connectivity index (χ0) is 14.3. The van der Waals surface area contributed by atoms with E-state index in [4.69, 9.17) is 5.11 Å². The lowest BCUT2D eigenvalue weighted by atomic mass is 9.94. The van der Waals surface area contributed by atoms with Gasteiger partial charge in [-0.1, -0.05) is 12.1 Å². The van der Waals surface area contributed by atoms with Crippen LogP contribution in [0.1, 0.15) is 24.8 Å². The first kappa shape index (κ1) is 13.1. The Bertz CT molecular complexity index is 568. The minimum absolute atomic E-state index is 0.0492. The molecule has 106 valence electrons. The molecular formula is C15H16FNO3. The molecule has 4 nitrogen and oxygen atoms in total. The van der Waals surface area contributed by atoms with E-state index in [1.54, 1.807) is 17.0 Å². The highest BCUT2D eigenvalue weighted by Crippen LogP contribution is 2.50. The van der Waals surface area contributed by atoms with Crippen LogP contribution in [0.4, 0.5) is 4.39 Å². The maximum Gasteiger partial charge on any atom is 0.308 e. The molecular weight excluding hydrogens is 261 g/mol. The first-order valence-corrected chi connectivity index (χ1v) is 6.81. The van der Waals surface area contributed by atoms with Gasteiger partial charge in [-0.05, 0) is 37.0 Å². The highest BCUT2D eigenvalue weighted by atomic mass is 19.1. The van der Waals surface area contributed by atoms with E-state index in [9.17, 15) is 14.0 Å². The zero-order valence-electron chi connectivity index (χ0n) is 11.0. The number of hydrogen-bond donors (Lipinski definition) is 1. The number of rotatable bonds is 3. The molecule has 1 aromatic rings. The topological polar surface area (TPSA) is 57.6 Å². The second-order valence-electron chi connectivity index (χ2n) is 5.67. The van der Waals surface area contributed by atoms with Crippen molar-refractivity contribution < 1.29 is 19.1 Å². The van der Waals surface area contributed by atoms with E-state index in [1.807, 2.05) is 0 Å². The molecule has 3 rings (SSSR count). The van der Waals surface area contributed by atoms with Gasteiger partial charge in [0.15, 0.2) is 0 Å². The van der Waals surface area contributed by atoms with Crippen LogP contribution in [0.25, 0.3) is 0 Å². The molecule has 0 aromatic heterocycles. The number of amides is 1. The summed E-state index contributed by atoms with van der Waals surface area (Å²) in [7, 11) is 0. The van der Waals surface area contributed by atoms with Crippen LogP contribution in [0.15, 0.2) is 24.3 Å². The Labute approximate surface area is 116 Å². The number of carbonyl (C=O) groups excluding carboxylic acids is 1. The Morgan fingerprint density at radius 2 is 2.10 bits per heavy atom. The van der Waals surface area contributed by atoms with E-state index >= 15 is 0 Å². The van der Waals surface area contributed by atoms with Gasteiger partial charge < -0.3 is 10.0 Å². The molecule has 20 heavy (non-hydrogen) atoms. The average molecular weight is 277 g/mol. The third-order valence-corrected chi connectivity index (χ3v) is 4.36. The number of carbonyl (C=O) groups is 2. The maximum absolute atomic E-state index is 13.3. The van der Waals surface area contributed by atoms with Crippen LogP contribution in [0.2, 0.25) is 0 Å². The van der Waals surface area contributed by atoms with Gasteiger partial charge in [-0.15, -0.1) is 0 Å². The number of hydrogen-bond acceptors (Lipinski definition) is 2. The molecule has 1 amide bonds. The van der Waals surface area contributed by atoms with Crippen LogP contribution >= 0.6 is 0 Å². The summed E-state index contributed by atoms with van der Waals surface area (Å²) in [5.74, 6) is -1.71. The van der Waals surface area contributed by atoms with Gasteiger partial charge in [0, 0.05) is 13.1 Å². The number of benzene rings is 1. The van der Waals surface area contributed by atoms with Crippen molar-refractivity contribution in [1.82, 2.24) is 4.90 Å². The zero-order valence-corrected chi connectivity index (χ0v) is 11.0. The fourth-order valence-electron chi connectivity index (χ4n) is 2.99. The molecule has 1 saturated carbocycles. The summed E-state index contributed by atoms with van der Waals surface area (Å²) in [5.41, 5.74) is 0.0939. The monoisotopic (exact) mass is 277 g/mol. The fourth-order valence-corrected chi connectivity index (χ4v) is 2.99. The molecule has 1 aromatic carbocycles. The summed E-state index contributed by atoms with van der Waals surface area (Å²) < 4.78 is 13.3. The SMILES string of the molecule is O=C(O)C1CCN(C(=O)C2(c3cccc(F)c3)CC2)C1. The molecule has 1 unspecified atom stereocenters. The van der Waals surface area contributed by atoms with Crippen molar-refractivity contribution in [2.75, 3.05) is 13.1 Å². The highest BCUT2D eigenvalue weighted by Gasteiger charge is 2.54. The molecule has 1 N–H and O–H groups in total. The third-order valence-electron chi connectivity index (χ3n) is 4.36. The molecule has 1 heterocycles. The smallest absolute Gasteiger partial charge is 0.308 e. The molecule has 1 atom stereocenters. The average Bonchev–Trinajstić information content (AvgIpc) is 3.08. The standard InChI is InChI=1S/C15H16FNO3/c16-12-3-1-2-11(8-12)15(5-6-15)14(20)17-7-4-10(9-17)13(18)19/h1-3,8,10H,4-7,9H2,(H,18,19). The predicted octanol–water partition coefficient (Wildman–Crippen LogP) is 1.79. The number of aliphatic carboxylic acids is 1. The number of carboxylic acid groups (broad SMARTS) is 1. The molecule has 0 radical (unpaired) electrons. The van der Waals surface area contributed by atoms with Gasteiger partial charge in [-0.25, -0.2) is 4.39 Å². The molecule has 0 spiro atoms. The minimum atomic E-state index is -0.851. The van der Waals surface area contributed by atoms with Crippen molar-refractivity contribution in [2.45, 2.75) is 24.7 Å². The lowest BCUT2D eigenvalue weighted by molar-refractivity contribution is -0.141. The normalized spacial score (nSPS) is 23.6. The predicted molar refractivity (Wildman–Crippen MR) is 69.6 cm³/mol. The van der Waals surface area contributed by atoms with E-state index in [0.717, 1.165) is 0 Å². The van der Waals surface area contributed by atoms with Crippen molar-refractivity contribution in [2.24, 2.45) is 5.92 Å². The van der Waals surface area contributed by atoms with E-state index in [-0.39, 0.29) is 18.3 Å². The van der Waals surface area contributed by atoms with Gasteiger partial charge in [-0.2, -0.15) is 0 Å². The van der Waals surface area contributed by atoms with Crippen LogP contribution in [0.5, 0.6) is 0 Å². The summed E-state index contributed by atoms with van der Waals surface area (Å²) >= 11 is 0. The molecule has 1 saturated heterocycles. The first-order chi connectivity index (χ1) is 9.53. The lowest BCUT2D eigenvalue weighted by Gasteiger charge is -2.23. The second kappa shape index (κ2) is 4.58. The van der Waals surface area contributed by atoms with Crippen molar-refractivity contribution in [3.63, 3.8) is 0 Å². The summed E-state index contributed by atoms with van der Waals surface area (Å²) in [5, 5.41) is 9.00. The van der Waals surface area contributed by atoms with E-state index < -0.39 is 17.3 Å². The quantitative estimate of drug-likeness (QED) is 0.916. The Morgan fingerprint density at radius 1 is 1.35 bits per heavy atom. The maximum atomic E-state index is 13.3. The summed E-state index contributed by atoms with van der Waals surface area (Å²) in [6.07, 6.45) is 1.92. The van der Waals surface area contributed by atoms with Gasteiger partial charge in [0.25, 0.3) is 0 Å². The van der Waals surface area contributed by atoms with E-state index in [0.29, 0.717) is 31.4 Å². The van der Waals surface area contributed by atoms with Crippen LogP contribution in [-0.4, -0.2) is 35.0 Å². The number of nitrogens with zero attached hydrogens (tertiary/aromatic N) is 1. The Balaban J connectivity index is 1.79. The lowest BCUT2D eigenvalue weighted by Crippen LogP contribution is -2.38. The van der Waals surface area contributed by atoms with Crippen LogP contribution in [-0.2, 0) is 15.0 Å². The molecule has 2 fully saturated rings. The summed E-state index contributed by atoms with van der Waals surface area (Å²) in [6.45, 7) is 0.748. The van der Waals surface area contributed by atoms with Crippen molar-refractivity contribution in [3.8, 4) is 0 Å². The van der Waals surface area contributed by atoms with Crippen molar-refractivity contribution in [3.05, 3.63) is 35.6 Å². The van der Waals surface area contributed by atoms with Crippen LogP contribution < -0.4 is 0 Å². The second-order valence-corrected chi connectivity index (χ2v) is 5.67. The van der Waals surface area contributed by atoms with Crippen LogP contribution in [0.3, 0.4) is 0 Å². The minimum Gasteiger partial charge on any atom is -0.481 e. The Kier molecular flexibility index (Phi) is 3.00. The Hall–Kier alpha value is -1.91. The molecule has 5 heteroatoms. The summed E-state index contributed by atoms with van der Waals surface area (Å²) in [6, 6.07) is 6.16. The van der Waals surface area contributed by atoms with Gasteiger partial charge >= 0.3 is 5.97 Å². The summed E-state index contributed by atoms with van der Waals surface area (Å²) in [4.78, 5) is 25.2. The van der Waals surface area contributed by atoms with Crippen LogP contribution in [0, 0.1) is 11.7 Å². The molecule has 1 aliphatic heterocycles. The highest BCUT2D eigenvalue weighted by molar-refractivity contribution is 5.92. The van der Waals surface area contributed by atoms with Gasteiger partial charge in [0.2, 0.25) is 5.91 Å². The van der Waals surface area contributed by atoms with Gasteiger partial charge in [0.05, 0.1) is 11.3 Å². The van der Waals surface area contributed by atoms with Crippen molar-refractivity contribution in [1.29, 1.82) is 0 Å². The number of halogens is 1. The van der Waals surface area contributed by atoms with E-state index in [2.05, 4.69) is 0 Å². The largest absolute Gasteiger partial charge is 0.481 e. The molecule has 2 aliphatic rings. The fraction of sp³-hybridized carbons (Fsp3) is 0.467. The van der Waals surface area contributed by atoms with E-state index in [1.165, 1.54) is 12.1 Å². The number of likely N-dealkylation sites (tertiary alicyclic amines) is 1. The number of carboxylic acids is 1. The Morgan fingerprint density at radius 3 is 2.65 bits per heavy atom. The van der Waals surface area contributed by atoms with Gasteiger partial charge in [-0.3, -0.25) is 9.59 Å². The molecule has 0 bridgehead atoms. The van der Waals surface area contributed by atoms with Crippen molar-refractivity contribution >= 4 is 11.9 Å². The van der Waals surface area contributed by atoms with Gasteiger partial charge in [0.1, 0.15) is 5.82 Å². The third kappa shape index (κ3) is 2.07. The first-order valence-electron chi connectivity index (χ1n) is 6.81.